The molecule has 1 aromatic carbocycles. The molecule has 2 amide bonds. The Hall–Kier alpha value is -1.55. The minimum atomic E-state index is -0.842. The minimum absolute atomic E-state index is 0.200. The van der Waals surface area contributed by atoms with E-state index in [1.165, 1.54) is 43.2 Å². The van der Waals surface area contributed by atoms with Crippen molar-refractivity contribution >= 4 is 6.03 Å². The van der Waals surface area contributed by atoms with E-state index >= 15 is 0 Å². The van der Waals surface area contributed by atoms with E-state index in [9.17, 15) is 9.90 Å². The standard InChI is InChI=1S/C24H38N2O2/c1-17(2)19-10-12-22(13-11-19)24(3,28)16-26-23(27)25-15-18-8-9-20-6-4-5-7-21(20)14-18/h8-9,14,17,19,22,28H,4-7,10-13,15-16H2,1-3H3,(H2,25,26,27). The number of hydrogen-bond acceptors (Lipinski definition) is 2. The third-order valence-corrected chi connectivity index (χ3v) is 7.07. The van der Waals surface area contributed by atoms with Crippen molar-refractivity contribution in [1.29, 1.82) is 0 Å². The predicted octanol–water partition coefficient (Wildman–Crippen LogP) is 4.58. The van der Waals surface area contributed by atoms with Crippen LogP contribution in [0.5, 0.6) is 0 Å². The summed E-state index contributed by atoms with van der Waals surface area (Å²) < 4.78 is 0. The van der Waals surface area contributed by atoms with Gasteiger partial charge in [-0.2, -0.15) is 0 Å². The lowest BCUT2D eigenvalue weighted by Gasteiger charge is -2.39. The van der Waals surface area contributed by atoms with E-state index in [0.717, 1.165) is 36.7 Å². The van der Waals surface area contributed by atoms with Gasteiger partial charge in [0.15, 0.2) is 0 Å². The topological polar surface area (TPSA) is 61.4 Å². The molecule has 0 aliphatic heterocycles. The molecule has 1 fully saturated rings. The Balaban J connectivity index is 1.42. The van der Waals surface area contributed by atoms with E-state index in [-0.39, 0.29) is 11.9 Å². The van der Waals surface area contributed by atoms with Gasteiger partial charge in [0.25, 0.3) is 0 Å². The number of fused-ring (bicyclic) bond motifs is 1. The fourth-order valence-corrected chi connectivity index (χ4v) is 4.95. The monoisotopic (exact) mass is 386 g/mol. The van der Waals surface area contributed by atoms with Crippen molar-refractivity contribution in [2.24, 2.45) is 17.8 Å². The summed E-state index contributed by atoms with van der Waals surface area (Å²) in [5, 5.41) is 16.7. The molecule has 0 radical (unpaired) electrons. The Labute approximate surface area is 170 Å². The maximum Gasteiger partial charge on any atom is 0.315 e. The van der Waals surface area contributed by atoms with E-state index < -0.39 is 5.60 Å². The number of urea groups is 1. The first-order chi connectivity index (χ1) is 13.3. The molecule has 1 unspecified atom stereocenters. The van der Waals surface area contributed by atoms with Crippen LogP contribution >= 0.6 is 0 Å². The average Bonchev–Trinajstić information content (AvgIpc) is 2.70. The van der Waals surface area contributed by atoms with Crippen LogP contribution in [-0.2, 0) is 19.4 Å². The lowest BCUT2D eigenvalue weighted by Crippen LogP contribution is -2.49. The molecule has 3 rings (SSSR count). The number of benzene rings is 1. The van der Waals surface area contributed by atoms with Crippen LogP contribution in [0.3, 0.4) is 0 Å². The summed E-state index contributed by atoms with van der Waals surface area (Å²) in [7, 11) is 0. The van der Waals surface area contributed by atoms with Crippen LogP contribution in [0.2, 0.25) is 0 Å². The Morgan fingerprint density at radius 1 is 1.11 bits per heavy atom. The molecule has 3 N–H and O–H groups in total. The van der Waals surface area contributed by atoms with Gasteiger partial charge in [-0.05, 0) is 92.7 Å². The van der Waals surface area contributed by atoms with Gasteiger partial charge < -0.3 is 15.7 Å². The molecule has 156 valence electrons. The number of aryl methyl sites for hydroxylation is 2. The van der Waals surface area contributed by atoms with Crippen molar-refractivity contribution < 1.29 is 9.90 Å². The van der Waals surface area contributed by atoms with Crippen LogP contribution in [0.1, 0.15) is 76.0 Å². The van der Waals surface area contributed by atoms with Gasteiger partial charge in [-0.15, -0.1) is 0 Å². The number of carbonyl (C=O) groups excluding carboxylic acids is 1. The van der Waals surface area contributed by atoms with Crippen molar-refractivity contribution in [2.75, 3.05) is 6.54 Å². The maximum atomic E-state index is 12.2. The van der Waals surface area contributed by atoms with Crippen molar-refractivity contribution in [3.05, 3.63) is 34.9 Å². The molecule has 4 nitrogen and oxygen atoms in total. The van der Waals surface area contributed by atoms with Crippen LogP contribution < -0.4 is 10.6 Å². The van der Waals surface area contributed by atoms with Crippen molar-refractivity contribution in [1.82, 2.24) is 10.6 Å². The summed E-state index contributed by atoms with van der Waals surface area (Å²) in [4.78, 5) is 12.2. The van der Waals surface area contributed by atoms with E-state index in [2.05, 4.69) is 42.7 Å². The zero-order valence-electron chi connectivity index (χ0n) is 17.9. The maximum absolute atomic E-state index is 12.2. The van der Waals surface area contributed by atoms with Crippen molar-refractivity contribution in [3.63, 3.8) is 0 Å². The van der Waals surface area contributed by atoms with Crippen molar-refractivity contribution in [2.45, 2.75) is 84.3 Å². The lowest BCUT2D eigenvalue weighted by atomic mass is 9.71. The molecule has 1 atom stereocenters. The normalized spacial score (nSPS) is 24.3. The van der Waals surface area contributed by atoms with Crippen LogP contribution in [0.15, 0.2) is 18.2 Å². The fraction of sp³-hybridized carbons (Fsp3) is 0.708. The second kappa shape index (κ2) is 9.30. The van der Waals surface area contributed by atoms with Gasteiger partial charge in [-0.25, -0.2) is 4.79 Å². The van der Waals surface area contributed by atoms with Gasteiger partial charge in [0.1, 0.15) is 0 Å². The molecule has 1 aromatic rings. The fourth-order valence-electron chi connectivity index (χ4n) is 4.95. The third-order valence-electron chi connectivity index (χ3n) is 7.07. The molecule has 2 aliphatic carbocycles. The summed E-state index contributed by atoms with van der Waals surface area (Å²) in [6.07, 6.45) is 9.34. The first-order valence-electron chi connectivity index (χ1n) is 11.2. The molecular formula is C24H38N2O2. The van der Waals surface area contributed by atoms with Gasteiger partial charge in [-0.1, -0.05) is 32.0 Å². The molecule has 1 saturated carbocycles. The Morgan fingerprint density at radius 3 is 2.46 bits per heavy atom. The summed E-state index contributed by atoms with van der Waals surface area (Å²) >= 11 is 0. The highest BCUT2D eigenvalue weighted by atomic mass is 16.3. The Bertz CT molecular complexity index is 661. The second-order valence-corrected chi connectivity index (χ2v) is 9.56. The number of nitrogens with one attached hydrogen (secondary N) is 2. The Morgan fingerprint density at radius 2 is 1.79 bits per heavy atom. The van der Waals surface area contributed by atoms with E-state index in [1.807, 2.05) is 6.92 Å². The SMILES string of the molecule is CC(C)C1CCC(C(C)(O)CNC(=O)NCc2ccc3c(c2)CCCC3)CC1. The predicted molar refractivity (Wildman–Crippen MR) is 114 cm³/mol. The molecule has 28 heavy (non-hydrogen) atoms. The average molecular weight is 387 g/mol. The van der Waals surface area contributed by atoms with E-state index in [1.54, 1.807) is 0 Å². The first-order valence-corrected chi connectivity index (χ1v) is 11.2. The number of aliphatic hydroxyl groups is 1. The van der Waals surface area contributed by atoms with Crippen LogP contribution in [0.25, 0.3) is 0 Å². The summed E-state index contributed by atoms with van der Waals surface area (Å²) in [6.45, 7) is 7.28. The number of rotatable bonds is 6. The van der Waals surface area contributed by atoms with Gasteiger partial charge in [0.2, 0.25) is 0 Å². The van der Waals surface area contributed by atoms with Crippen LogP contribution in [0, 0.1) is 17.8 Å². The number of amides is 2. The van der Waals surface area contributed by atoms with Gasteiger partial charge in [-0.3, -0.25) is 0 Å². The Kier molecular flexibility index (Phi) is 7.03. The van der Waals surface area contributed by atoms with Crippen LogP contribution in [-0.4, -0.2) is 23.3 Å². The quantitative estimate of drug-likeness (QED) is 0.670. The van der Waals surface area contributed by atoms with E-state index in [0.29, 0.717) is 13.1 Å². The zero-order valence-corrected chi connectivity index (χ0v) is 17.9. The second-order valence-electron chi connectivity index (χ2n) is 9.56. The zero-order chi connectivity index (χ0) is 20.1. The molecule has 0 aromatic heterocycles. The minimum Gasteiger partial charge on any atom is -0.388 e. The summed E-state index contributed by atoms with van der Waals surface area (Å²) in [6, 6.07) is 6.36. The highest BCUT2D eigenvalue weighted by Gasteiger charge is 2.35. The first kappa shape index (κ1) is 21.2. The molecule has 0 spiro atoms. The van der Waals surface area contributed by atoms with Gasteiger partial charge >= 0.3 is 6.03 Å². The van der Waals surface area contributed by atoms with Gasteiger partial charge in [0.05, 0.1) is 5.60 Å². The smallest absolute Gasteiger partial charge is 0.315 e. The molecule has 0 heterocycles. The van der Waals surface area contributed by atoms with Crippen LogP contribution in [0.4, 0.5) is 4.79 Å². The number of hydrogen-bond donors (Lipinski definition) is 3. The molecule has 2 aliphatic rings. The number of carbonyl (C=O) groups is 1. The molecule has 0 saturated heterocycles. The van der Waals surface area contributed by atoms with Gasteiger partial charge in [0, 0.05) is 13.1 Å². The highest BCUT2D eigenvalue weighted by Crippen LogP contribution is 2.38. The molecule has 0 bridgehead atoms. The summed E-state index contributed by atoms with van der Waals surface area (Å²) in [5.41, 5.74) is 3.20. The molecular weight excluding hydrogens is 348 g/mol. The third kappa shape index (κ3) is 5.50. The molecule has 4 heteroatoms. The summed E-state index contributed by atoms with van der Waals surface area (Å²) in [5.74, 6) is 1.77. The van der Waals surface area contributed by atoms with Crippen molar-refractivity contribution in [3.8, 4) is 0 Å². The lowest BCUT2D eigenvalue weighted by molar-refractivity contribution is -0.0218. The van der Waals surface area contributed by atoms with E-state index in [4.69, 9.17) is 0 Å². The largest absolute Gasteiger partial charge is 0.388 e. The highest BCUT2D eigenvalue weighted by molar-refractivity contribution is 5.73.